The van der Waals surface area contributed by atoms with Gasteiger partial charge in [0.2, 0.25) is 11.8 Å². The number of ketones is 1. The molecular formula is C29H36ClN3O5. The highest BCUT2D eigenvalue weighted by atomic mass is 35.5. The number of nitrogens with one attached hydrogen (secondary N) is 2. The smallest absolute Gasteiger partial charge is 0.407 e. The number of carbonyl (C=O) groups excluding carboxylic acids is 4. The first-order valence-electron chi connectivity index (χ1n) is 12.7. The van der Waals surface area contributed by atoms with Crippen molar-refractivity contribution in [3.8, 4) is 0 Å². The van der Waals surface area contributed by atoms with Crippen molar-refractivity contribution in [2.75, 3.05) is 11.4 Å². The van der Waals surface area contributed by atoms with Crippen LogP contribution in [0.3, 0.4) is 0 Å². The second kappa shape index (κ2) is 11.6. The molecule has 0 heterocycles. The molecule has 1 aliphatic carbocycles. The maximum atomic E-state index is 13.8. The van der Waals surface area contributed by atoms with Crippen molar-refractivity contribution in [2.45, 2.75) is 71.6 Å². The van der Waals surface area contributed by atoms with E-state index in [1.165, 1.54) is 11.0 Å². The third kappa shape index (κ3) is 8.05. The van der Waals surface area contributed by atoms with Crippen LogP contribution in [0.25, 0.3) is 0 Å². The molecule has 9 heteroatoms. The molecule has 3 amide bonds. The molecule has 0 aliphatic heterocycles. The SMILES string of the molecule is CC(C)(C)NC(=O)C(CNC(=O)OC(C)(C)C)N(C(=O)C1CC1)c1cc(Cl)ccc1C(=O)c1ccccc1. The van der Waals surface area contributed by atoms with Gasteiger partial charge in [0.25, 0.3) is 0 Å². The molecule has 2 aromatic rings. The standard InChI is InChI=1S/C29H36ClN3O5/c1-28(2,3)32-25(35)23(17-31-27(37)38-29(4,5)6)33(26(36)19-12-13-19)22-16-20(30)14-15-21(22)24(34)18-10-8-7-9-11-18/h7-11,14-16,19,23H,12-13,17H2,1-6H3,(H,31,37)(H,32,35). The largest absolute Gasteiger partial charge is 0.444 e. The molecule has 2 aromatic carbocycles. The van der Waals surface area contributed by atoms with Crippen LogP contribution in [0.15, 0.2) is 48.5 Å². The van der Waals surface area contributed by atoms with E-state index >= 15 is 0 Å². The van der Waals surface area contributed by atoms with E-state index in [4.69, 9.17) is 16.3 Å². The van der Waals surface area contributed by atoms with E-state index in [9.17, 15) is 19.2 Å². The van der Waals surface area contributed by atoms with Crippen LogP contribution in [0.4, 0.5) is 10.5 Å². The molecule has 1 fully saturated rings. The van der Waals surface area contributed by atoms with Gasteiger partial charge in [0.1, 0.15) is 11.6 Å². The fraction of sp³-hybridized carbons (Fsp3) is 0.448. The molecule has 8 nitrogen and oxygen atoms in total. The molecule has 0 saturated heterocycles. The molecule has 0 radical (unpaired) electrons. The summed E-state index contributed by atoms with van der Waals surface area (Å²) in [6.45, 7) is 10.4. The number of hydrogen-bond donors (Lipinski definition) is 2. The number of anilines is 1. The van der Waals surface area contributed by atoms with Crippen molar-refractivity contribution in [1.82, 2.24) is 10.6 Å². The maximum absolute atomic E-state index is 13.8. The summed E-state index contributed by atoms with van der Waals surface area (Å²) in [4.78, 5) is 54.8. The van der Waals surface area contributed by atoms with Gasteiger partial charge in [-0.2, -0.15) is 0 Å². The Balaban J connectivity index is 2.10. The van der Waals surface area contributed by atoms with Crippen LogP contribution in [0.1, 0.15) is 70.3 Å². The Bertz CT molecular complexity index is 1200. The molecule has 2 N–H and O–H groups in total. The van der Waals surface area contributed by atoms with Gasteiger partial charge in [-0.1, -0.05) is 41.9 Å². The third-order valence-electron chi connectivity index (χ3n) is 5.62. The quantitative estimate of drug-likeness (QED) is 0.451. The molecule has 0 bridgehead atoms. The van der Waals surface area contributed by atoms with Gasteiger partial charge in [-0.05, 0) is 72.6 Å². The first kappa shape index (κ1) is 29.2. The molecule has 1 aliphatic rings. The predicted molar refractivity (Wildman–Crippen MR) is 147 cm³/mol. The Morgan fingerprint density at radius 1 is 1.00 bits per heavy atom. The fourth-order valence-corrected chi connectivity index (χ4v) is 4.02. The Hall–Kier alpha value is -3.39. The van der Waals surface area contributed by atoms with Crippen LogP contribution >= 0.6 is 11.6 Å². The van der Waals surface area contributed by atoms with Crippen LogP contribution in [0, 0.1) is 5.92 Å². The fourth-order valence-electron chi connectivity index (χ4n) is 3.86. The van der Waals surface area contributed by atoms with E-state index in [1.54, 1.807) is 63.2 Å². The summed E-state index contributed by atoms with van der Waals surface area (Å²) in [5.41, 5.74) is -0.507. The Morgan fingerprint density at radius 2 is 1.63 bits per heavy atom. The highest BCUT2D eigenvalue weighted by Crippen LogP contribution is 2.36. The van der Waals surface area contributed by atoms with Gasteiger partial charge in [-0.3, -0.25) is 19.3 Å². The first-order chi connectivity index (χ1) is 17.7. The van der Waals surface area contributed by atoms with E-state index in [-0.39, 0.29) is 35.4 Å². The van der Waals surface area contributed by atoms with E-state index in [0.29, 0.717) is 23.4 Å². The third-order valence-corrected chi connectivity index (χ3v) is 5.85. The van der Waals surface area contributed by atoms with Crippen LogP contribution < -0.4 is 15.5 Å². The summed E-state index contributed by atoms with van der Waals surface area (Å²) in [6.07, 6.45) is 0.618. The average molecular weight is 542 g/mol. The highest BCUT2D eigenvalue weighted by molar-refractivity contribution is 6.31. The van der Waals surface area contributed by atoms with Gasteiger partial charge < -0.3 is 15.4 Å². The number of alkyl carbamates (subject to hydrolysis) is 1. The lowest BCUT2D eigenvalue weighted by atomic mass is 9.99. The Morgan fingerprint density at radius 3 is 2.18 bits per heavy atom. The molecule has 1 unspecified atom stereocenters. The van der Waals surface area contributed by atoms with Crippen molar-refractivity contribution in [3.05, 3.63) is 64.7 Å². The molecule has 1 saturated carbocycles. The van der Waals surface area contributed by atoms with Crippen LogP contribution in [0.2, 0.25) is 5.02 Å². The predicted octanol–water partition coefficient (Wildman–Crippen LogP) is 5.12. The minimum Gasteiger partial charge on any atom is -0.444 e. The monoisotopic (exact) mass is 541 g/mol. The van der Waals surface area contributed by atoms with Crippen molar-refractivity contribution < 1.29 is 23.9 Å². The van der Waals surface area contributed by atoms with Crippen molar-refractivity contribution >= 4 is 41.0 Å². The molecule has 204 valence electrons. The zero-order chi connectivity index (χ0) is 28.3. The molecule has 0 spiro atoms. The number of carbonyl (C=O) groups is 4. The lowest BCUT2D eigenvalue weighted by molar-refractivity contribution is -0.127. The number of benzene rings is 2. The topological polar surface area (TPSA) is 105 Å². The van der Waals surface area contributed by atoms with E-state index in [2.05, 4.69) is 10.6 Å². The van der Waals surface area contributed by atoms with Crippen LogP contribution in [0.5, 0.6) is 0 Å². The molecule has 3 rings (SSSR count). The normalized spacial score (nSPS) is 14.3. The summed E-state index contributed by atoms with van der Waals surface area (Å²) in [5, 5.41) is 5.84. The number of hydrogen-bond acceptors (Lipinski definition) is 5. The summed E-state index contributed by atoms with van der Waals surface area (Å²) < 4.78 is 5.35. The van der Waals surface area contributed by atoms with Gasteiger partial charge in [0, 0.05) is 27.6 Å². The molecule has 0 aromatic heterocycles. The Labute approximate surface area is 229 Å². The number of rotatable bonds is 8. The second-order valence-corrected chi connectivity index (χ2v) is 11.9. The highest BCUT2D eigenvalue weighted by Gasteiger charge is 2.42. The van der Waals surface area contributed by atoms with E-state index in [0.717, 1.165) is 0 Å². The minimum absolute atomic E-state index is 0.211. The summed E-state index contributed by atoms with van der Waals surface area (Å²) in [5.74, 6) is -1.41. The van der Waals surface area contributed by atoms with Gasteiger partial charge >= 0.3 is 6.09 Å². The number of amides is 3. The van der Waals surface area contributed by atoms with Gasteiger partial charge in [-0.15, -0.1) is 0 Å². The lowest BCUT2D eigenvalue weighted by Gasteiger charge is -2.35. The lowest BCUT2D eigenvalue weighted by Crippen LogP contribution is -2.58. The average Bonchev–Trinajstić information content (AvgIpc) is 3.65. The zero-order valence-electron chi connectivity index (χ0n) is 22.8. The zero-order valence-corrected chi connectivity index (χ0v) is 23.5. The number of halogens is 1. The first-order valence-corrected chi connectivity index (χ1v) is 13.1. The number of nitrogens with zero attached hydrogens (tertiary/aromatic N) is 1. The van der Waals surface area contributed by atoms with E-state index in [1.807, 2.05) is 20.8 Å². The van der Waals surface area contributed by atoms with Crippen molar-refractivity contribution in [3.63, 3.8) is 0 Å². The molecule has 1 atom stereocenters. The second-order valence-electron chi connectivity index (χ2n) is 11.5. The van der Waals surface area contributed by atoms with E-state index < -0.39 is 29.2 Å². The minimum atomic E-state index is -1.17. The van der Waals surface area contributed by atoms with Crippen LogP contribution in [-0.4, -0.2) is 47.4 Å². The Kier molecular flexibility index (Phi) is 8.87. The van der Waals surface area contributed by atoms with Crippen molar-refractivity contribution in [2.24, 2.45) is 5.92 Å². The van der Waals surface area contributed by atoms with Crippen LogP contribution in [-0.2, 0) is 14.3 Å². The molecular weight excluding hydrogens is 506 g/mol. The molecule has 38 heavy (non-hydrogen) atoms. The van der Waals surface area contributed by atoms with Gasteiger partial charge in [0.05, 0.1) is 12.2 Å². The summed E-state index contributed by atoms with van der Waals surface area (Å²) in [6, 6.07) is 12.1. The van der Waals surface area contributed by atoms with Gasteiger partial charge in [-0.25, -0.2) is 4.79 Å². The maximum Gasteiger partial charge on any atom is 0.407 e. The van der Waals surface area contributed by atoms with Gasteiger partial charge in [0.15, 0.2) is 5.78 Å². The summed E-state index contributed by atoms with van der Waals surface area (Å²) >= 11 is 6.36. The van der Waals surface area contributed by atoms with Crippen molar-refractivity contribution in [1.29, 1.82) is 0 Å². The summed E-state index contributed by atoms with van der Waals surface area (Å²) in [7, 11) is 0. The number of ether oxygens (including phenoxy) is 1.